The van der Waals surface area contributed by atoms with Crippen LogP contribution in [0, 0.1) is 24.0 Å². The van der Waals surface area contributed by atoms with Gasteiger partial charge in [0.2, 0.25) is 5.71 Å². The molecule has 0 bridgehead atoms. The summed E-state index contributed by atoms with van der Waals surface area (Å²) in [5, 5.41) is 3.67. The molecule has 2 aromatic carbocycles. The molecule has 2 aliphatic rings. The van der Waals surface area contributed by atoms with Crippen LogP contribution in [0.4, 0.5) is 0 Å². The van der Waals surface area contributed by atoms with Gasteiger partial charge < -0.3 is 14.4 Å². The van der Waals surface area contributed by atoms with Crippen molar-refractivity contribution in [2.75, 3.05) is 0 Å². The molecule has 285 valence electrons. The fourth-order valence-corrected chi connectivity index (χ4v) is 10.0. The Morgan fingerprint density at radius 3 is 2.13 bits per heavy atom. The molecule has 0 spiro atoms. The molecule has 6 heteroatoms. The number of hydrogen-bond donors (Lipinski definition) is 0. The second kappa shape index (κ2) is 17.6. The van der Waals surface area contributed by atoms with Gasteiger partial charge in [-0.1, -0.05) is 139 Å². The maximum Gasteiger partial charge on any atom is 0.216 e. The third-order valence-corrected chi connectivity index (χ3v) is 13.5. The van der Waals surface area contributed by atoms with E-state index >= 15 is 0 Å². The topological polar surface area (TPSA) is 51.8 Å². The first-order valence-corrected chi connectivity index (χ1v) is 23.7. The number of pyridine rings is 3. The van der Waals surface area contributed by atoms with Crippen LogP contribution in [0.3, 0.4) is 0 Å². The van der Waals surface area contributed by atoms with Crippen LogP contribution < -0.4 is 5.19 Å². The van der Waals surface area contributed by atoms with Crippen LogP contribution in [0.5, 0.6) is 0 Å². The zero-order chi connectivity index (χ0) is 37.0. The Bertz CT molecular complexity index is 2130. The van der Waals surface area contributed by atoms with E-state index in [9.17, 15) is 0 Å². The summed E-state index contributed by atoms with van der Waals surface area (Å²) in [6.45, 7) is 13.8. The Balaban J connectivity index is 0.000000187. The summed E-state index contributed by atoms with van der Waals surface area (Å²) in [4.78, 5) is 14.3. The van der Waals surface area contributed by atoms with E-state index in [0.29, 0.717) is 5.71 Å². The summed E-state index contributed by atoms with van der Waals surface area (Å²) < 4.78 is 6.28. The molecular formula is C48H57IrN3OSi-2. The molecule has 4 aromatic heterocycles. The summed E-state index contributed by atoms with van der Waals surface area (Å²) in [5.74, 6) is 1.67. The second-order valence-electron chi connectivity index (χ2n) is 17.7. The summed E-state index contributed by atoms with van der Waals surface area (Å²) in [6, 6.07) is 29.9. The number of fused-ring (bicyclic) bond motifs is 3. The van der Waals surface area contributed by atoms with Crippen molar-refractivity contribution in [2.45, 2.75) is 123 Å². The van der Waals surface area contributed by atoms with E-state index in [4.69, 9.17) is 14.4 Å². The zero-order valence-electron chi connectivity index (χ0n) is 33.2. The van der Waals surface area contributed by atoms with Crippen molar-refractivity contribution in [2.24, 2.45) is 11.8 Å². The molecule has 0 N–H and O–H groups in total. The Morgan fingerprint density at radius 1 is 0.741 bits per heavy atom. The molecule has 0 unspecified atom stereocenters. The van der Waals surface area contributed by atoms with Gasteiger partial charge in [-0.25, -0.2) is 4.98 Å². The van der Waals surface area contributed by atoms with Gasteiger partial charge in [-0.2, -0.15) is 0 Å². The van der Waals surface area contributed by atoms with E-state index in [1.807, 2.05) is 24.4 Å². The third kappa shape index (κ3) is 9.67. The van der Waals surface area contributed by atoms with Crippen molar-refractivity contribution in [3.05, 3.63) is 108 Å². The van der Waals surface area contributed by atoms with Crippen LogP contribution >= 0.6 is 0 Å². The minimum atomic E-state index is -1.36. The van der Waals surface area contributed by atoms with Gasteiger partial charge in [0, 0.05) is 49.0 Å². The summed E-state index contributed by atoms with van der Waals surface area (Å²) in [5.41, 5.74) is 9.50. The smallest absolute Gasteiger partial charge is 0.216 e. The standard InChI is InChI=1S/C27H29N2O.C21H28NSi.Ir/c1-27(2,3)24-13-12-21-20-10-7-11-22(25(20)30-26(21)29-24)23-17-19(14-15-28-23)16-18-8-5-4-6-9-18;1-23(2,3)21-16-22-20(18-12-8-5-9-13-18)15-19(21)14-17-10-6-4-7-11-17;/h7,10,12-15,17-18H,4-6,8-9,16H2,1-3H3;5,8-9,12,15-17H,4,6-7,10-11,14H2,1-3H3;/q2*-1;. The molecular weight excluding hydrogens is 855 g/mol. The van der Waals surface area contributed by atoms with Crippen LogP contribution in [0.2, 0.25) is 19.6 Å². The Kier molecular flexibility index (Phi) is 13.1. The van der Waals surface area contributed by atoms with Crippen molar-refractivity contribution in [1.29, 1.82) is 0 Å². The quantitative estimate of drug-likeness (QED) is 0.118. The van der Waals surface area contributed by atoms with E-state index in [-0.39, 0.29) is 25.5 Å². The van der Waals surface area contributed by atoms with Crippen molar-refractivity contribution < 1.29 is 24.5 Å². The average molecular weight is 912 g/mol. The molecule has 54 heavy (non-hydrogen) atoms. The maximum absolute atomic E-state index is 6.28. The maximum atomic E-state index is 6.28. The Morgan fingerprint density at radius 2 is 1.46 bits per heavy atom. The Hall–Kier alpha value is -3.44. The van der Waals surface area contributed by atoms with Crippen LogP contribution in [-0.2, 0) is 38.4 Å². The first kappa shape index (κ1) is 40.2. The molecule has 2 saturated carbocycles. The summed E-state index contributed by atoms with van der Waals surface area (Å²) in [7, 11) is -1.36. The molecule has 1 radical (unpaired) electrons. The first-order chi connectivity index (χ1) is 25.5. The predicted molar refractivity (Wildman–Crippen MR) is 224 cm³/mol. The molecule has 4 nitrogen and oxygen atoms in total. The van der Waals surface area contributed by atoms with E-state index in [0.717, 1.165) is 62.8 Å². The SMILES string of the molecule is CC(C)(C)c1ccc2c(n1)oc1c(-c3cc(CC4CCCCC4)ccn3)[c-]ccc12.C[Si](C)(C)c1cnc(-c2[c-]cccc2)cc1CC1CCCCC1.[Ir]. The van der Waals surface area contributed by atoms with E-state index in [1.165, 1.54) is 76.2 Å². The fraction of sp³-hybridized carbons (Fsp3) is 0.438. The van der Waals surface area contributed by atoms with Crippen LogP contribution in [-0.4, -0.2) is 23.0 Å². The second-order valence-corrected chi connectivity index (χ2v) is 22.8. The van der Waals surface area contributed by atoms with Gasteiger partial charge in [0.25, 0.3) is 0 Å². The van der Waals surface area contributed by atoms with Gasteiger partial charge in [-0.05, 0) is 59.5 Å². The molecule has 0 saturated heterocycles. The van der Waals surface area contributed by atoms with Crippen molar-refractivity contribution in [1.82, 2.24) is 15.0 Å². The van der Waals surface area contributed by atoms with E-state index in [2.05, 4.69) is 112 Å². The molecule has 2 fully saturated rings. The number of benzene rings is 2. The van der Waals surface area contributed by atoms with E-state index in [1.54, 1.807) is 10.8 Å². The van der Waals surface area contributed by atoms with E-state index < -0.39 is 8.07 Å². The number of aromatic nitrogens is 3. The van der Waals surface area contributed by atoms with Crippen molar-refractivity contribution >= 4 is 35.3 Å². The number of hydrogen-bond acceptors (Lipinski definition) is 4. The van der Waals surface area contributed by atoms with Gasteiger partial charge in [-0.3, -0.25) is 0 Å². The monoisotopic (exact) mass is 912 g/mol. The van der Waals surface area contributed by atoms with Gasteiger partial charge in [-0.15, -0.1) is 54.1 Å². The molecule has 0 amide bonds. The average Bonchev–Trinajstić information content (AvgIpc) is 3.54. The minimum absolute atomic E-state index is 0. The summed E-state index contributed by atoms with van der Waals surface area (Å²) in [6.07, 6.45) is 20.4. The van der Waals surface area contributed by atoms with Gasteiger partial charge >= 0.3 is 0 Å². The molecule has 6 aromatic rings. The Labute approximate surface area is 338 Å². The predicted octanol–water partition coefficient (Wildman–Crippen LogP) is 12.5. The molecule has 8 rings (SSSR count). The summed E-state index contributed by atoms with van der Waals surface area (Å²) >= 11 is 0. The van der Waals surface area contributed by atoms with Gasteiger partial charge in [0.1, 0.15) is 0 Å². The third-order valence-electron chi connectivity index (χ3n) is 11.4. The van der Waals surface area contributed by atoms with Gasteiger partial charge in [0.05, 0.1) is 13.7 Å². The fourth-order valence-electron chi connectivity index (χ4n) is 8.44. The normalized spacial score (nSPS) is 15.8. The zero-order valence-corrected chi connectivity index (χ0v) is 36.6. The molecule has 2 aliphatic carbocycles. The van der Waals surface area contributed by atoms with Crippen molar-refractivity contribution in [3.63, 3.8) is 0 Å². The van der Waals surface area contributed by atoms with Gasteiger partial charge in [0.15, 0.2) is 0 Å². The van der Waals surface area contributed by atoms with Crippen molar-refractivity contribution in [3.8, 4) is 22.5 Å². The number of rotatable bonds is 7. The minimum Gasteiger partial charge on any atom is -0.486 e. The molecule has 0 atom stereocenters. The number of nitrogens with zero attached hydrogens (tertiary/aromatic N) is 3. The van der Waals surface area contributed by atoms with Crippen LogP contribution in [0.25, 0.3) is 44.6 Å². The largest absolute Gasteiger partial charge is 0.486 e. The molecule has 4 heterocycles. The van der Waals surface area contributed by atoms with Crippen LogP contribution in [0.15, 0.2) is 83.5 Å². The number of furan rings is 1. The first-order valence-electron chi connectivity index (χ1n) is 20.2. The molecule has 0 aliphatic heterocycles. The van der Waals surface area contributed by atoms with Crippen LogP contribution in [0.1, 0.15) is 102 Å².